The van der Waals surface area contributed by atoms with Gasteiger partial charge < -0.3 is 53.8 Å². The summed E-state index contributed by atoms with van der Waals surface area (Å²) in [7, 11) is 3.74. The van der Waals surface area contributed by atoms with Crippen molar-refractivity contribution in [3.8, 4) is 0 Å². The maximum atomic E-state index is 11.9. The Balaban J connectivity index is 1.18. The summed E-state index contributed by atoms with van der Waals surface area (Å²) >= 11 is 0. The second kappa shape index (κ2) is 15.1. The molecule has 1 spiro atoms. The zero-order valence-electron chi connectivity index (χ0n) is 34.3. The second-order valence-electron chi connectivity index (χ2n) is 19.0. The lowest BCUT2D eigenvalue weighted by atomic mass is 9.73. The third-order valence-electron chi connectivity index (χ3n) is 15.0. The number of rotatable bonds is 10. The summed E-state index contributed by atoms with van der Waals surface area (Å²) in [5.74, 6) is -3.69. The van der Waals surface area contributed by atoms with Gasteiger partial charge >= 0.3 is 5.97 Å². The third-order valence-corrected chi connectivity index (χ3v) is 15.0. The van der Waals surface area contributed by atoms with Crippen molar-refractivity contribution in [3.63, 3.8) is 0 Å². The predicted molar refractivity (Wildman–Crippen MR) is 197 cm³/mol. The Morgan fingerprint density at radius 2 is 1.62 bits per heavy atom. The Kier molecular flexibility index (Phi) is 11.9. The first-order valence-electron chi connectivity index (χ1n) is 20.6. The average Bonchev–Trinajstić information content (AvgIpc) is 3.78. The Bertz CT molecular complexity index is 1310. The summed E-state index contributed by atoms with van der Waals surface area (Å²) in [4.78, 5) is 11.9. The minimum atomic E-state index is -1.56. The van der Waals surface area contributed by atoms with Gasteiger partial charge in [0, 0.05) is 38.2 Å². The number of ether oxygens (including phenoxy) is 7. The highest BCUT2D eigenvalue weighted by Crippen LogP contribution is 2.58. The standard InChI is InChI=1S/C41H71NO11/c1-22-12-13-28(48-33(22)26(5)36(44)45)18-29-19-30(47-11)27(6)41(50-29)39(9,42-10)20-38(8,53-41)32-14-15-37(7,51-32)35-24(3)17-31(49-35)34-23(2)16-25(4)40(46,21-43)52-34/h22-35,42-43,46H,12-21H2,1-11H3,(H,44,45)/t22-,23?,24-,25+,26+,27+,28+,29+,30+,31+,32?,33?,34+,35+,37-,38+,39-,40-,41-/m0/s1. The molecular formula is C41H71NO11. The SMILES string of the molecule is CN[C@@]1(C)C[C@](C)(C2CC[C@@](C)([C@@H]3O[C@@H]([C@@H]4O[C@@](O)(CO)[C@H](C)CC4C)C[C@@H]3C)O2)O[C@]12O[C@H](C[C@H]1CC[C@H](C)C([C@@H](C)C(=O)O)O1)C[C@@H](OC)[C@H]2C. The van der Waals surface area contributed by atoms with E-state index in [-0.39, 0.29) is 78.4 Å². The minimum Gasteiger partial charge on any atom is -0.481 e. The number of hydrogen-bond acceptors (Lipinski definition) is 11. The number of aliphatic carboxylic acids is 1. The molecule has 19 atom stereocenters. The van der Waals surface area contributed by atoms with Crippen LogP contribution in [0, 0.1) is 35.5 Å². The highest BCUT2D eigenvalue weighted by atomic mass is 16.7. The number of nitrogens with one attached hydrogen (secondary N) is 1. The van der Waals surface area contributed by atoms with Gasteiger partial charge in [-0.1, -0.05) is 34.6 Å². The Morgan fingerprint density at radius 1 is 0.906 bits per heavy atom. The maximum Gasteiger partial charge on any atom is 0.308 e. The van der Waals surface area contributed by atoms with Crippen LogP contribution in [0.25, 0.3) is 0 Å². The van der Waals surface area contributed by atoms with Gasteiger partial charge in [0.2, 0.25) is 0 Å². The topological polar surface area (TPSA) is 154 Å². The fraction of sp³-hybridized carbons (Fsp3) is 0.976. The summed E-state index contributed by atoms with van der Waals surface area (Å²) in [6, 6.07) is 0. The van der Waals surface area contributed by atoms with Crippen LogP contribution in [0.2, 0.25) is 0 Å². The average molecular weight is 754 g/mol. The van der Waals surface area contributed by atoms with Gasteiger partial charge in [0.1, 0.15) is 0 Å². The number of likely N-dealkylation sites (N-methyl/N-ethyl adjacent to an activating group) is 1. The van der Waals surface area contributed by atoms with Gasteiger partial charge in [0.05, 0.1) is 78.1 Å². The summed E-state index contributed by atoms with van der Waals surface area (Å²) in [6.45, 7) is 18.3. The van der Waals surface area contributed by atoms with Crippen LogP contribution in [0.15, 0.2) is 0 Å². The van der Waals surface area contributed by atoms with Gasteiger partial charge in [-0.05, 0) is 91.0 Å². The van der Waals surface area contributed by atoms with E-state index in [1.54, 1.807) is 14.0 Å². The van der Waals surface area contributed by atoms with Crippen LogP contribution in [-0.4, -0.2) is 119 Å². The largest absolute Gasteiger partial charge is 0.481 e. The lowest BCUT2D eigenvalue weighted by molar-refractivity contribution is -0.358. The van der Waals surface area contributed by atoms with Crippen molar-refractivity contribution in [1.29, 1.82) is 0 Å². The summed E-state index contributed by atoms with van der Waals surface area (Å²) in [5.41, 5.74) is -1.80. The second-order valence-corrected chi connectivity index (χ2v) is 19.0. The van der Waals surface area contributed by atoms with Crippen molar-refractivity contribution >= 4 is 5.97 Å². The van der Waals surface area contributed by atoms with E-state index in [4.69, 9.17) is 33.2 Å². The first-order valence-corrected chi connectivity index (χ1v) is 20.6. The molecule has 0 aliphatic carbocycles. The number of hydrogen-bond donors (Lipinski definition) is 4. The molecule has 4 N–H and O–H groups in total. The molecule has 3 unspecified atom stereocenters. The molecule has 0 aromatic carbocycles. The molecule has 53 heavy (non-hydrogen) atoms. The quantitative estimate of drug-likeness (QED) is 0.236. The van der Waals surface area contributed by atoms with Crippen molar-refractivity contribution in [3.05, 3.63) is 0 Å². The zero-order valence-corrected chi connectivity index (χ0v) is 34.3. The monoisotopic (exact) mass is 754 g/mol. The van der Waals surface area contributed by atoms with Gasteiger partial charge in [-0.25, -0.2) is 0 Å². The number of aliphatic hydroxyl groups excluding tert-OH is 1. The molecule has 6 fully saturated rings. The number of carboxylic acid groups (broad SMARTS) is 1. The molecule has 0 radical (unpaired) electrons. The van der Waals surface area contributed by atoms with E-state index in [0.29, 0.717) is 19.3 Å². The normalized spacial score (nSPS) is 54.0. The molecule has 6 aliphatic heterocycles. The van der Waals surface area contributed by atoms with E-state index < -0.39 is 46.8 Å². The lowest BCUT2D eigenvalue weighted by Crippen LogP contribution is -2.67. The first-order chi connectivity index (χ1) is 24.8. The molecular weight excluding hydrogens is 682 g/mol. The van der Waals surface area contributed by atoms with Crippen LogP contribution in [0.4, 0.5) is 0 Å². The highest BCUT2D eigenvalue weighted by Gasteiger charge is 2.70. The van der Waals surface area contributed by atoms with E-state index in [2.05, 4.69) is 53.8 Å². The number of aliphatic hydroxyl groups is 2. The summed E-state index contributed by atoms with van der Waals surface area (Å²) in [6.07, 6.45) is 5.26. The first kappa shape index (κ1) is 41.7. The number of carbonyl (C=O) groups is 1. The minimum absolute atomic E-state index is 0.0976. The van der Waals surface area contributed by atoms with Gasteiger partial charge in [-0.15, -0.1) is 0 Å². The Morgan fingerprint density at radius 3 is 2.26 bits per heavy atom. The van der Waals surface area contributed by atoms with Crippen LogP contribution in [0.5, 0.6) is 0 Å². The van der Waals surface area contributed by atoms with Crippen LogP contribution in [-0.2, 0) is 38.0 Å². The van der Waals surface area contributed by atoms with Gasteiger partial charge in [0.15, 0.2) is 11.6 Å². The molecule has 0 aromatic rings. The van der Waals surface area contributed by atoms with Crippen molar-refractivity contribution in [2.24, 2.45) is 35.5 Å². The molecule has 6 rings (SSSR count). The molecule has 306 valence electrons. The summed E-state index contributed by atoms with van der Waals surface area (Å²) < 4.78 is 47.5. The van der Waals surface area contributed by atoms with Crippen LogP contribution >= 0.6 is 0 Å². The van der Waals surface area contributed by atoms with E-state index in [1.807, 2.05) is 14.0 Å². The molecule has 0 amide bonds. The van der Waals surface area contributed by atoms with E-state index >= 15 is 0 Å². The van der Waals surface area contributed by atoms with Gasteiger partial charge in [0.25, 0.3) is 0 Å². The molecule has 0 aromatic heterocycles. The molecule has 0 bridgehead atoms. The molecule has 12 heteroatoms. The fourth-order valence-corrected chi connectivity index (χ4v) is 11.6. The zero-order chi connectivity index (χ0) is 38.9. The predicted octanol–water partition coefficient (Wildman–Crippen LogP) is 5.05. The lowest BCUT2D eigenvalue weighted by Gasteiger charge is -2.53. The van der Waals surface area contributed by atoms with Gasteiger partial charge in [-0.3, -0.25) is 4.79 Å². The molecule has 6 aliphatic rings. The van der Waals surface area contributed by atoms with Crippen LogP contribution < -0.4 is 5.32 Å². The van der Waals surface area contributed by atoms with Gasteiger partial charge in [-0.2, -0.15) is 0 Å². The molecule has 12 nitrogen and oxygen atoms in total. The van der Waals surface area contributed by atoms with E-state index in [9.17, 15) is 20.1 Å². The highest BCUT2D eigenvalue weighted by molar-refractivity contribution is 5.70. The Labute approximate surface area is 317 Å². The summed E-state index contributed by atoms with van der Waals surface area (Å²) in [5, 5.41) is 34.4. The van der Waals surface area contributed by atoms with Crippen molar-refractivity contribution in [2.75, 3.05) is 20.8 Å². The van der Waals surface area contributed by atoms with Crippen molar-refractivity contribution in [1.82, 2.24) is 5.32 Å². The third kappa shape index (κ3) is 7.27. The fourth-order valence-electron chi connectivity index (χ4n) is 11.6. The molecule has 6 saturated heterocycles. The van der Waals surface area contributed by atoms with Crippen LogP contribution in [0.1, 0.15) is 120 Å². The smallest absolute Gasteiger partial charge is 0.308 e. The number of carboxylic acids is 1. The van der Waals surface area contributed by atoms with E-state index in [0.717, 1.165) is 38.5 Å². The number of methoxy groups -OCH3 is 1. The van der Waals surface area contributed by atoms with Crippen LogP contribution in [0.3, 0.4) is 0 Å². The van der Waals surface area contributed by atoms with Crippen molar-refractivity contribution < 1.29 is 53.3 Å². The molecule has 0 saturated carbocycles. The Hall–Kier alpha value is -0.930. The maximum absolute atomic E-state index is 11.9. The van der Waals surface area contributed by atoms with Crippen molar-refractivity contribution in [2.45, 2.75) is 197 Å². The van der Waals surface area contributed by atoms with E-state index in [1.165, 1.54) is 0 Å². The molecule has 6 heterocycles.